The molecule has 0 radical (unpaired) electrons. The van der Waals surface area contributed by atoms with Gasteiger partial charge in [-0.15, -0.1) is 0 Å². The number of aliphatic hydroxyl groups is 3. The number of aliphatic hydroxyl groups excluding tert-OH is 3. The molecule has 174 valence electrons. The minimum absolute atomic E-state index is 0.162. The van der Waals surface area contributed by atoms with Gasteiger partial charge in [0.2, 0.25) is 6.29 Å². The lowest BCUT2D eigenvalue weighted by atomic mass is 9.99. The smallest absolute Gasteiger partial charge is 0.335 e. The highest BCUT2D eigenvalue weighted by Gasteiger charge is 2.48. The van der Waals surface area contributed by atoms with Crippen molar-refractivity contribution in [3.8, 4) is 11.5 Å². The highest BCUT2D eigenvalue weighted by molar-refractivity contribution is 5.73. The molecule has 1 fully saturated rings. The SMILES string of the molecule is CNCC[C@H](Oc1ccc(O[C@@H]2O[C@H](C(=O)O)[C@@H](O)[C@H](O)[C@H]2O)cc1C)c1ccccc1. The van der Waals surface area contributed by atoms with E-state index in [0.717, 1.165) is 24.1 Å². The third-order valence-corrected chi connectivity index (χ3v) is 5.31. The summed E-state index contributed by atoms with van der Waals surface area (Å²) >= 11 is 0. The largest absolute Gasteiger partial charge is 0.485 e. The molecule has 5 N–H and O–H groups in total. The normalized spacial score (nSPS) is 26.3. The van der Waals surface area contributed by atoms with Crippen LogP contribution in [0.3, 0.4) is 0 Å². The second kappa shape index (κ2) is 10.8. The fourth-order valence-electron chi connectivity index (χ4n) is 3.50. The zero-order valence-electron chi connectivity index (χ0n) is 17.9. The molecule has 9 nitrogen and oxygen atoms in total. The second-order valence-electron chi connectivity index (χ2n) is 7.69. The maximum Gasteiger partial charge on any atom is 0.335 e. The van der Waals surface area contributed by atoms with Gasteiger partial charge in [-0.25, -0.2) is 4.79 Å². The molecule has 1 heterocycles. The zero-order valence-corrected chi connectivity index (χ0v) is 17.9. The van der Waals surface area contributed by atoms with Crippen LogP contribution in [-0.2, 0) is 9.53 Å². The van der Waals surface area contributed by atoms with Gasteiger partial charge in [-0.2, -0.15) is 0 Å². The Kier molecular flexibility index (Phi) is 8.05. The maximum atomic E-state index is 11.3. The average Bonchev–Trinajstić information content (AvgIpc) is 2.78. The van der Waals surface area contributed by atoms with Crippen molar-refractivity contribution in [2.45, 2.75) is 50.2 Å². The summed E-state index contributed by atoms with van der Waals surface area (Å²) in [4.78, 5) is 11.3. The summed E-state index contributed by atoms with van der Waals surface area (Å²) in [6.07, 6.45) is -7.71. The molecule has 0 unspecified atom stereocenters. The van der Waals surface area contributed by atoms with Crippen LogP contribution in [0, 0.1) is 6.92 Å². The van der Waals surface area contributed by atoms with Crippen LogP contribution in [0.1, 0.15) is 23.7 Å². The van der Waals surface area contributed by atoms with Crippen LogP contribution < -0.4 is 14.8 Å². The van der Waals surface area contributed by atoms with Crippen LogP contribution in [0.15, 0.2) is 48.5 Å². The van der Waals surface area contributed by atoms with Gasteiger partial charge < -0.3 is 40.0 Å². The lowest BCUT2D eigenvalue weighted by Gasteiger charge is -2.38. The van der Waals surface area contributed by atoms with Crippen LogP contribution in [0.25, 0.3) is 0 Å². The van der Waals surface area contributed by atoms with Crippen LogP contribution in [0.4, 0.5) is 0 Å². The number of ether oxygens (including phenoxy) is 3. The van der Waals surface area contributed by atoms with Crippen LogP contribution in [-0.4, -0.2) is 70.7 Å². The molecule has 1 aliphatic rings. The van der Waals surface area contributed by atoms with E-state index in [1.807, 2.05) is 44.3 Å². The minimum Gasteiger partial charge on any atom is -0.485 e. The summed E-state index contributed by atoms with van der Waals surface area (Å²) in [7, 11) is 1.88. The molecule has 9 heteroatoms. The van der Waals surface area contributed by atoms with Gasteiger partial charge in [-0.05, 0) is 49.8 Å². The Morgan fingerprint density at radius 2 is 1.81 bits per heavy atom. The lowest BCUT2D eigenvalue weighted by Crippen LogP contribution is -2.61. The summed E-state index contributed by atoms with van der Waals surface area (Å²) in [5, 5.41) is 42.2. The number of aryl methyl sites for hydroxylation is 1. The third kappa shape index (κ3) is 5.56. The minimum atomic E-state index is -1.77. The molecule has 3 rings (SSSR count). The fourth-order valence-corrected chi connectivity index (χ4v) is 3.50. The summed E-state index contributed by atoms with van der Waals surface area (Å²) in [5.41, 5.74) is 1.81. The molecule has 2 aromatic rings. The van der Waals surface area contributed by atoms with Gasteiger partial charge in [-0.3, -0.25) is 0 Å². The van der Waals surface area contributed by atoms with E-state index in [2.05, 4.69) is 5.32 Å². The first kappa shape index (κ1) is 24.0. The number of nitrogens with one attached hydrogen (secondary N) is 1. The summed E-state index contributed by atoms with van der Waals surface area (Å²) in [6.45, 7) is 2.61. The number of rotatable bonds is 9. The molecule has 0 amide bonds. The van der Waals surface area contributed by atoms with Crippen molar-refractivity contribution >= 4 is 5.97 Å². The van der Waals surface area contributed by atoms with E-state index < -0.39 is 36.7 Å². The number of carboxylic acid groups (broad SMARTS) is 1. The summed E-state index contributed by atoms with van der Waals surface area (Å²) < 4.78 is 17.0. The Balaban J connectivity index is 1.73. The quantitative estimate of drug-likeness (QED) is 0.381. The van der Waals surface area contributed by atoms with Crippen molar-refractivity contribution in [2.75, 3.05) is 13.6 Å². The number of aliphatic carboxylic acids is 1. The summed E-state index contributed by atoms with van der Waals surface area (Å²) in [5.74, 6) is -0.532. The van der Waals surface area contributed by atoms with E-state index in [1.165, 1.54) is 0 Å². The zero-order chi connectivity index (χ0) is 23.3. The van der Waals surface area contributed by atoms with Crippen molar-refractivity contribution in [1.82, 2.24) is 5.32 Å². The van der Waals surface area contributed by atoms with Crippen molar-refractivity contribution < 1.29 is 39.4 Å². The number of carbonyl (C=O) groups is 1. The van der Waals surface area contributed by atoms with E-state index in [1.54, 1.807) is 18.2 Å². The first-order valence-corrected chi connectivity index (χ1v) is 10.4. The molecule has 32 heavy (non-hydrogen) atoms. The molecule has 1 saturated heterocycles. The molecule has 0 spiro atoms. The Labute approximate surface area is 186 Å². The molecular weight excluding hydrogens is 418 g/mol. The van der Waals surface area contributed by atoms with Gasteiger partial charge in [0.05, 0.1) is 0 Å². The summed E-state index contributed by atoms with van der Waals surface area (Å²) in [6, 6.07) is 14.9. The Bertz CT molecular complexity index is 893. The number of carboxylic acids is 1. The molecule has 0 aromatic heterocycles. The first-order chi connectivity index (χ1) is 15.3. The van der Waals surface area contributed by atoms with Crippen molar-refractivity contribution in [2.24, 2.45) is 0 Å². The Morgan fingerprint density at radius 1 is 1.09 bits per heavy atom. The monoisotopic (exact) mass is 447 g/mol. The number of hydrogen-bond donors (Lipinski definition) is 5. The van der Waals surface area contributed by atoms with Gasteiger partial charge in [0.15, 0.2) is 6.10 Å². The molecule has 1 aliphatic heterocycles. The van der Waals surface area contributed by atoms with E-state index in [-0.39, 0.29) is 11.9 Å². The van der Waals surface area contributed by atoms with E-state index in [4.69, 9.17) is 19.3 Å². The standard InChI is InChI=1S/C23H29NO8/c1-13-12-15(30-23-20(27)18(25)19(26)21(32-23)22(28)29)8-9-16(13)31-17(10-11-24-2)14-6-4-3-5-7-14/h3-9,12,17-21,23-27H,10-11H2,1-2H3,(H,28,29)/t17-,18-,19-,20+,21-,23+/m0/s1. The van der Waals surface area contributed by atoms with E-state index >= 15 is 0 Å². The van der Waals surface area contributed by atoms with Gasteiger partial charge in [0, 0.05) is 6.42 Å². The molecule has 0 saturated carbocycles. The van der Waals surface area contributed by atoms with Crippen LogP contribution in [0.2, 0.25) is 0 Å². The van der Waals surface area contributed by atoms with Gasteiger partial charge in [0.1, 0.15) is 35.9 Å². The van der Waals surface area contributed by atoms with Crippen LogP contribution >= 0.6 is 0 Å². The van der Waals surface area contributed by atoms with Gasteiger partial charge in [-0.1, -0.05) is 30.3 Å². The van der Waals surface area contributed by atoms with Gasteiger partial charge >= 0.3 is 5.97 Å². The molecular formula is C23H29NO8. The fraction of sp³-hybridized carbons (Fsp3) is 0.435. The van der Waals surface area contributed by atoms with Gasteiger partial charge in [0.25, 0.3) is 0 Å². The highest BCUT2D eigenvalue weighted by Crippen LogP contribution is 2.31. The Morgan fingerprint density at radius 3 is 2.44 bits per heavy atom. The molecule has 6 atom stereocenters. The van der Waals surface area contributed by atoms with Crippen molar-refractivity contribution in [1.29, 1.82) is 0 Å². The average molecular weight is 447 g/mol. The van der Waals surface area contributed by atoms with E-state index in [9.17, 15) is 20.1 Å². The third-order valence-electron chi connectivity index (χ3n) is 5.31. The maximum absolute atomic E-state index is 11.3. The topological polar surface area (TPSA) is 138 Å². The lowest BCUT2D eigenvalue weighted by molar-refractivity contribution is -0.271. The number of benzene rings is 2. The Hall–Kier alpha value is -2.69. The predicted octanol–water partition coefficient (Wildman–Crippen LogP) is 0.996. The number of hydrogen-bond acceptors (Lipinski definition) is 8. The van der Waals surface area contributed by atoms with Crippen molar-refractivity contribution in [3.63, 3.8) is 0 Å². The van der Waals surface area contributed by atoms with E-state index in [0.29, 0.717) is 5.75 Å². The molecule has 2 aromatic carbocycles. The van der Waals surface area contributed by atoms with Crippen molar-refractivity contribution in [3.05, 3.63) is 59.7 Å². The predicted molar refractivity (Wildman–Crippen MR) is 114 cm³/mol. The molecule has 0 aliphatic carbocycles. The second-order valence-corrected chi connectivity index (χ2v) is 7.69. The van der Waals surface area contributed by atoms with Crippen LogP contribution in [0.5, 0.6) is 11.5 Å². The highest BCUT2D eigenvalue weighted by atomic mass is 16.7. The first-order valence-electron chi connectivity index (χ1n) is 10.4. The molecule has 0 bridgehead atoms.